The molecule has 5 N–H and O–H groups in total. The summed E-state index contributed by atoms with van der Waals surface area (Å²) >= 11 is 0. The Bertz CT molecular complexity index is 711. The Morgan fingerprint density at radius 1 is 1.10 bits per heavy atom. The molecule has 10 nitrogen and oxygen atoms in total. The Balaban J connectivity index is 1.64. The lowest BCUT2D eigenvalue weighted by molar-refractivity contribution is -0.490. The summed E-state index contributed by atoms with van der Waals surface area (Å²) in [7, 11) is 0. The molecule has 31 heavy (non-hydrogen) atoms. The molecule has 2 bridgehead atoms. The van der Waals surface area contributed by atoms with E-state index in [9.17, 15) is 20.4 Å². The fourth-order valence-electron chi connectivity index (χ4n) is 3.53. The number of ether oxygens (including phenoxy) is 5. The SMILES string of the molecule is CC(C)NCC(O)COc1ccc(O[C@]2(O)O[C@H](CO)[C@H]3OC(C)(C)O[C@@H]2[C@H]3O)cc1. The second kappa shape index (κ2) is 9.55. The molecule has 0 saturated carbocycles. The lowest BCUT2D eigenvalue weighted by Gasteiger charge is -2.54. The highest BCUT2D eigenvalue weighted by molar-refractivity contribution is 5.31. The maximum atomic E-state index is 11.0. The smallest absolute Gasteiger partial charge is 0.355 e. The van der Waals surface area contributed by atoms with E-state index < -0.39 is 48.9 Å². The Hall–Kier alpha value is -1.50. The number of aliphatic hydroxyl groups is 4. The Kier molecular flexibility index (Phi) is 7.44. The summed E-state index contributed by atoms with van der Waals surface area (Å²) in [6.45, 7) is 7.29. The highest BCUT2D eigenvalue weighted by atomic mass is 16.9. The van der Waals surface area contributed by atoms with E-state index in [0.29, 0.717) is 12.3 Å². The van der Waals surface area contributed by atoms with Crippen molar-refractivity contribution in [3.8, 4) is 11.5 Å². The first-order valence-corrected chi connectivity index (χ1v) is 10.4. The minimum Gasteiger partial charge on any atom is -0.491 e. The minimum absolute atomic E-state index is 0.115. The highest BCUT2D eigenvalue weighted by Gasteiger charge is 2.62. The second-order valence-electron chi connectivity index (χ2n) is 8.58. The fourth-order valence-corrected chi connectivity index (χ4v) is 3.53. The van der Waals surface area contributed by atoms with Gasteiger partial charge in [-0.05, 0) is 38.1 Å². The summed E-state index contributed by atoms with van der Waals surface area (Å²) in [4.78, 5) is 0. The number of hydrogen-bond acceptors (Lipinski definition) is 10. The van der Waals surface area contributed by atoms with Crippen LogP contribution >= 0.6 is 0 Å². The zero-order valence-corrected chi connectivity index (χ0v) is 18.2. The van der Waals surface area contributed by atoms with Crippen molar-refractivity contribution in [2.24, 2.45) is 0 Å². The summed E-state index contributed by atoms with van der Waals surface area (Å²) in [6.07, 6.45) is -5.08. The lowest BCUT2D eigenvalue weighted by Crippen LogP contribution is -2.73. The van der Waals surface area contributed by atoms with Crippen LogP contribution in [0.1, 0.15) is 27.7 Å². The van der Waals surface area contributed by atoms with Crippen molar-refractivity contribution < 1.29 is 44.1 Å². The summed E-state index contributed by atoms with van der Waals surface area (Å²) in [5.74, 6) is -2.73. The van der Waals surface area contributed by atoms with Crippen LogP contribution in [0.2, 0.25) is 0 Å². The van der Waals surface area contributed by atoms with Gasteiger partial charge >= 0.3 is 5.97 Å². The van der Waals surface area contributed by atoms with Crippen molar-refractivity contribution in [2.75, 3.05) is 19.8 Å². The normalized spacial score (nSPS) is 33.2. The van der Waals surface area contributed by atoms with E-state index >= 15 is 0 Å². The maximum Gasteiger partial charge on any atom is 0.355 e. The van der Waals surface area contributed by atoms with Crippen molar-refractivity contribution >= 4 is 0 Å². The number of fused-ring (bicyclic) bond motifs is 2. The highest BCUT2D eigenvalue weighted by Crippen LogP contribution is 2.41. The van der Waals surface area contributed by atoms with E-state index in [0.717, 1.165) is 0 Å². The van der Waals surface area contributed by atoms with Gasteiger partial charge in [-0.3, -0.25) is 0 Å². The van der Waals surface area contributed by atoms with Gasteiger partial charge in [0.25, 0.3) is 0 Å². The maximum absolute atomic E-state index is 11.0. The molecule has 0 amide bonds. The zero-order chi connectivity index (χ0) is 22.8. The van der Waals surface area contributed by atoms with Crippen LogP contribution in [0.15, 0.2) is 24.3 Å². The zero-order valence-electron chi connectivity index (χ0n) is 18.2. The molecule has 0 radical (unpaired) electrons. The molecule has 2 aliphatic heterocycles. The summed E-state index contributed by atoms with van der Waals surface area (Å²) in [5.41, 5.74) is 0. The summed E-state index contributed by atoms with van der Waals surface area (Å²) in [5, 5.41) is 44.3. The largest absolute Gasteiger partial charge is 0.491 e. The lowest BCUT2D eigenvalue weighted by atomic mass is 9.95. The van der Waals surface area contributed by atoms with Crippen molar-refractivity contribution in [1.82, 2.24) is 5.32 Å². The van der Waals surface area contributed by atoms with E-state index in [1.807, 2.05) is 13.8 Å². The average Bonchev–Trinajstić information content (AvgIpc) is 2.70. The van der Waals surface area contributed by atoms with E-state index in [1.54, 1.807) is 38.1 Å². The quantitative estimate of drug-likeness (QED) is 0.324. The van der Waals surface area contributed by atoms with Gasteiger partial charge in [-0.2, -0.15) is 0 Å². The molecule has 6 atom stereocenters. The van der Waals surface area contributed by atoms with Gasteiger partial charge in [-0.1, -0.05) is 13.8 Å². The molecule has 0 spiro atoms. The third-order valence-corrected chi connectivity index (χ3v) is 5.00. The van der Waals surface area contributed by atoms with Crippen LogP contribution in [0, 0.1) is 0 Å². The Morgan fingerprint density at radius 2 is 1.74 bits per heavy atom. The van der Waals surface area contributed by atoms with Crippen LogP contribution in [0.25, 0.3) is 0 Å². The number of aliphatic hydroxyl groups excluding tert-OH is 3. The Morgan fingerprint density at radius 3 is 2.35 bits per heavy atom. The van der Waals surface area contributed by atoms with Gasteiger partial charge in [0.2, 0.25) is 0 Å². The first kappa shape index (κ1) is 24.1. The summed E-state index contributed by atoms with van der Waals surface area (Å²) in [6, 6.07) is 6.59. The number of nitrogens with one attached hydrogen (secondary N) is 1. The van der Waals surface area contributed by atoms with E-state index in [-0.39, 0.29) is 18.4 Å². The molecule has 2 heterocycles. The number of hydrogen-bond donors (Lipinski definition) is 5. The van der Waals surface area contributed by atoms with Gasteiger partial charge in [0.1, 0.15) is 42.5 Å². The van der Waals surface area contributed by atoms with Crippen LogP contribution < -0.4 is 14.8 Å². The first-order valence-electron chi connectivity index (χ1n) is 10.4. The predicted molar refractivity (Wildman–Crippen MR) is 108 cm³/mol. The molecule has 1 aromatic carbocycles. The average molecular weight is 443 g/mol. The predicted octanol–water partition coefficient (Wildman–Crippen LogP) is -0.279. The molecule has 2 fully saturated rings. The molecule has 0 aliphatic carbocycles. The van der Waals surface area contributed by atoms with Crippen molar-refractivity contribution in [3.63, 3.8) is 0 Å². The van der Waals surface area contributed by atoms with E-state index in [2.05, 4.69) is 5.32 Å². The van der Waals surface area contributed by atoms with Gasteiger partial charge in [-0.25, -0.2) is 0 Å². The van der Waals surface area contributed by atoms with Gasteiger partial charge in [-0.15, -0.1) is 0 Å². The summed E-state index contributed by atoms with van der Waals surface area (Å²) < 4.78 is 28.0. The van der Waals surface area contributed by atoms with E-state index in [1.165, 1.54) is 0 Å². The Labute approximate surface area is 181 Å². The number of benzene rings is 1. The molecule has 3 rings (SSSR count). The van der Waals surface area contributed by atoms with Gasteiger partial charge < -0.3 is 49.4 Å². The van der Waals surface area contributed by atoms with Crippen molar-refractivity contribution in [2.45, 2.75) is 76.0 Å². The van der Waals surface area contributed by atoms with Crippen LogP contribution in [0.4, 0.5) is 0 Å². The molecule has 2 saturated heterocycles. The van der Waals surface area contributed by atoms with Crippen molar-refractivity contribution in [1.29, 1.82) is 0 Å². The van der Waals surface area contributed by atoms with Crippen molar-refractivity contribution in [3.05, 3.63) is 24.3 Å². The molecule has 1 unspecified atom stereocenters. The monoisotopic (exact) mass is 443 g/mol. The van der Waals surface area contributed by atoms with Gasteiger partial charge in [0, 0.05) is 12.6 Å². The second-order valence-corrected chi connectivity index (χ2v) is 8.58. The topological polar surface area (TPSA) is 139 Å². The third-order valence-electron chi connectivity index (χ3n) is 5.00. The molecular formula is C21H33NO9. The third kappa shape index (κ3) is 5.85. The number of rotatable bonds is 9. The van der Waals surface area contributed by atoms with Crippen LogP contribution in [-0.2, 0) is 14.2 Å². The van der Waals surface area contributed by atoms with Crippen LogP contribution in [0.5, 0.6) is 11.5 Å². The molecule has 176 valence electrons. The van der Waals surface area contributed by atoms with Gasteiger partial charge in [0.15, 0.2) is 11.9 Å². The standard InChI is InChI=1S/C21H33NO9/c1-12(2)22-9-13(24)11-27-14-5-7-15(8-6-14)28-21(26)19-17(25)18(16(10-23)29-21)30-20(3,4)31-19/h5-8,12-13,16-19,22-26H,9-11H2,1-4H3/t13?,16-,17+,18-,19-,21+/m1/s1. The van der Waals surface area contributed by atoms with Crippen LogP contribution in [0.3, 0.4) is 0 Å². The van der Waals surface area contributed by atoms with E-state index in [4.69, 9.17) is 23.7 Å². The molecule has 10 heteroatoms. The molecule has 2 aliphatic rings. The molecular weight excluding hydrogens is 410 g/mol. The fraction of sp³-hybridized carbons (Fsp3) is 0.714. The van der Waals surface area contributed by atoms with Crippen LogP contribution in [-0.4, -0.2) is 88.5 Å². The first-order chi connectivity index (χ1) is 14.5. The minimum atomic E-state index is -2.34. The molecule has 0 aromatic heterocycles. The molecule has 1 aromatic rings. The van der Waals surface area contributed by atoms with Gasteiger partial charge in [0.05, 0.1) is 6.61 Å².